The zero-order valence-corrected chi connectivity index (χ0v) is 12.0. The Kier molecular flexibility index (Phi) is 3.44. The molecular weight excluding hydrogens is 264 g/mol. The summed E-state index contributed by atoms with van der Waals surface area (Å²) in [5, 5.41) is 2.84. The van der Waals surface area contributed by atoms with Crippen molar-refractivity contribution in [2.75, 3.05) is 11.9 Å². The van der Waals surface area contributed by atoms with Gasteiger partial charge in [-0.15, -0.1) is 0 Å². The lowest BCUT2D eigenvalue weighted by atomic mass is 10.1. The van der Waals surface area contributed by atoms with Crippen LogP contribution in [0.5, 0.6) is 5.75 Å². The Labute approximate surface area is 123 Å². The minimum Gasteiger partial charge on any atom is -0.481 e. The van der Waals surface area contributed by atoms with E-state index in [-0.39, 0.29) is 12.5 Å². The van der Waals surface area contributed by atoms with Crippen molar-refractivity contribution in [1.29, 1.82) is 0 Å². The lowest BCUT2D eigenvalue weighted by Gasteiger charge is -2.20. The summed E-state index contributed by atoms with van der Waals surface area (Å²) in [5.41, 5.74) is 4.78. The highest BCUT2D eigenvalue weighted by Gasteiger charge is 2.17. The van der Waals surface area contributed by atoms with Gasteiger partial charge in [0.15, 0.2) is 6.61 Å². The average Bonchev–Trinajstić information content (AvgIpc) is 2.46. The minimum absolute atomic E-state index is 0.0814. The van der Waals surface area contributed by atoms with Gasteiger partial charge in [0.2, 0.25) is 0 Å². The maximum atomic E-state index is 11.4. The Morgan fingerprint density at radius 3 is 2.76 bits per heavy atom. The fraction of sp³-hybridized carbons (Fsp3) is 0.176. The van der Waals surface area contributed by atoms with Crippen LogP contribution in [0.1, 0.15) is 22.4 Å². The Bertz CT molecular complexity index is 718. The van der Waals surface area contributed by atoms with Gasteiger partial charge in [-0.3, -0.25) is 9.78 Å². The largest absolute Gasteiger partial charge is 0.481 e. The average molecular weight is 280 g/mol. The number of hydrogen-bond acceptors (Lipinski definition) is 3. The molecule has 21 heavy (non-hydrogen) atoms. The molecule has 0 spiro atoms. The second kappa shape index (κ2) is 5.40. The summed E-state index contributed by atoms with van der Waals surface area (Å²) in [6.07, 6.45) is 5.83. The molecule has 2 heterocycles. The van der Waals surface area contributed by atoms with Crippen molar-refractivity contribution in [2.24, 2.45) is 0 Å². The predicted octanol–water partition coefficient (Wildman–Crippen LogP) is 3.20. The normalized spacial score (nSPS) is 13.7. The SMILES string of the molecule is Cc1ccc(C=Cc2cc(C)c3c(c2)NC(=O)CO3)cn1. The zero-order chi connectivity index (χ0) is 14.8. The van der Waals surface area contributed by atoms with E-state index in [0.717, 1.165) is 33.8 Å². The summed E-state index contributed by atoms with van der Waals surface area (Å²) < 4.78 is 5.45. The van der Waals surface area contributed by atoms with Crippen LogP contribution in [0.2, 0.25) is 0 Å². The number of nitrogens with one attached hydrogen (secondary N) is 1. The molecular formula is C17H16N2O2. The van der Waals surface area contributed by atoms with E-state index >= 15 is 0 Å². The number of aryl methyl sites for hydroxylation is 2. The minimum atomic E-state index is -0.120. The van der Waals surface area contributed by atoms with Crippen LogP contribution in [-0.4, -0.2) is 17.5 Å². The van der Waals surface area contributed by atoms with Crippen molar-refractivity contribution < 1.29 is 9.53 Å². The molecule has 0 saturated heterocycles. The van der Waals surface area contributed by atoms with Crippen molar-refractivity contribution in [1.82, 2.24) is 4.98 Å². The quantitative estimate of drug-likeness (QED) is 0.919. The van der Waals surface area contributed by atoms with E-state index in [0.29, 0.717) is 0 Å². The molecule has 1 aromatic carbocycles. The van der Waals surface area contributed by atoms with Gasteiger partial charge < -0.3 is 10.1 Å². The summed E-state index contributed by atoms with van der Waals surface area (Å²) in [5.74, 6) is 0.634. The summed E-state index contributed by atoms with van der Waals surface area (Å²) in [7, 11) is 0. The lowest BCUT2D eigenvalue weighted by Crippen LogP contribution is -2.25. The van der Waals surface area contributed by atoms with Crippen molar-refractivity contribution in [3.63, 3.8) is 0 Å². The third kappa shape index (κ3) is 2.94. The third-order valence-corrected chi connectivity index (χ3v) is 3.32. The maximum Gasteiger partial charge on any atom is 0.262 e. The Morgan fingerprint density at radius 1 is 1.19 bits per heavy atom. The molecule has 0 radical (unpaired) electrons. The number of ether oxygens (including phenoxy) is 1. The zero-order valence-electron chi connectivity index (χ0n) is 12.0. The standard InChI is InChI=1S/C17H16N2O2/c1-11-7-14(6-5-13-4-3-12(2)18-9-13)8-15-17(11)21-10-16(20)19-15/h3-9H,10H2,1-2H3,(H,19,20). The van der Waals surface area contributed by atoms with Gasteiger partial charge in [0.1, 0.15) is 5.75 Å². The van der Waals surface area contributed by atoms with Gasteiger partial charge in [-0.2, -0.15) is 0 Å². The van der Waals surface area contributed by atoms with Crippen LogP contribution < -0.4 is 10.1 Å². The van der Waals surface area contributed by atoms with Crippen LogP contribution in [0.3, 0.4) is 0 Å². The van der Waals surface area contributed by atoms with Crippen molar-refractivity contribution in [2.45, 2.75) is 13.8 Å². The lowest BCUT2D eigenvalue weighted by molar-refractivity contribution is -0.118. The first-order valence-electron chi connectivity index (χ1n) is 6.80. The molecule has 1 aliphatic rings. The fourth-order valence-corrected chi connectivity index (χ4v) is 2.28. The van der Waals surface area contributed by atoms with Crippen molar-refractivity contribution in [3.05, 3.63) is 52.8 Å². The first-order chi connectivity index (χ1) is 10.1. The Hall–Kier alpha value is -2.62. The highest BCUT2D eigenvalue weighted by molar-refractivity contribution is 5.96. The van der Waals surface area contributed by atoms with Crippen LogP contribution in [0, 0.1) is 13.8 Å². The van der Waals surface area contributed by atoms with E-state index in [1.54, 1.807) is 0 Å². The van der Waals surface area contributed by atoms with Crippen molar-refractivity contribution >= 4 is 23.7 Å². The third-order valence-electron chi connectivity index (χ3n) is 3.32. The summed E-state index contributed by atoms with van der Waals surface area (Å²) >= 11 is 0. The summed E-state index contributed by atoms with van der Waals surface area (Å²) in [6, 6.07) is 7.95. The molecule has 0 fully saturated rings. The van der Waals surface area contributed by atoms with Gasteiger partial charge in [0, 0.05) is 11.9 Å². The molecule has 0 atom stereocenters. The second-order valence-corrected chi connectivity index (χ2v) is 5.12. The number of carbonyl (C=O) groups excluding carboxylic acids is 1. The fourth-order valence-electron chi connectivity index (χ4n) is 2.28. The summed E-state index contributed by atoms with van der Waals surface area (Å²) in [6.45, 7) is 4.02. The number of nitrogens with zero attached hydrogens (tertiary/aromatic N) is 1. The highest BCUT2D eigenvalue weighted by Crippen LogP contribution is 2.33. The molecule has 3 rings (SSSR count). The smallest absolute Gasteiger partial charge is 0.262 e. The molecule has 0 bridgehead atoms. The number of benzene rings is 1. The monoisotopic (exact) mass is 280 g/mol. The maximum absolute atomic E-state index is 11.4. The van der Waals surface area contributed by atoms with E-state index in [1.165, 1.54) is 0 Å². The predicted molar refractivity (Wildman–Crippen MR) is 83.2 cm³/mol. The van der Waals surface area contributed by atoms with Gasteiger partial charge in [-0.05, 0) is 48.7 Å². The first-order valence-corrected chi connectivity index (χ1v) is 6.80. The number of hydrogen-bond donors (Lipinski definition) is 1. The second-order valence-electron chi connectivity index (χ2n) is 5.12. The van der Waals surface area contributed by atoms with Crippen molar-refractivity contribution in [3.8, 4) is 5.75 Å². The molecule has 106 valence electrons. The van der Waals surface area contributed by atoms with E-state index < -0.39 is 0 Å². The van der Waals surface area contributed by atoms with Crippen LogP contribution in [-0.2, 0) is 4.79 Å². The molecule has 1 aromatic heterocycles. The molecule has 4 heteroatoms. The number of pyridine rings is 1. The van der Waals surface area contributed by atoms with Gasteiger partial charge in [0.25, 0.3) is 5.91 Å². The Morgan fingerprint density at radius 2 is 2.00 bits per heavy atom. The van der Waals surface area contributed by atoms with Gasteiger partial charge >= 0.3 is 0 Å². The number of anilines is 1. The van der Waals surface area contributed by atoms with Gasteiger partial charge in [-0.25, -0.2) is 0 Å². The van der Waals surface area contributed by atoms with Crippen LogP contribution >= 0.6 is 0 Å². The number of rotatable bonds is 2. The van der Waals surface area contributed by atoms with Gasteiger partial charge in [-0.1, -0.05) is 18.2 Å². The van der Waals surface area contributed by atoms with Gasteiger partial charge in [0.05, 0.1) is 5.69 Å². The van der Waals surface area contributed by atoms with Crippen LogP contribution in [0.4, 0.5) is 5.69 Å². The molecule has 0 aliphatic carbocycles. The molecule has 0 saturated carbocycles. The highest BCUT2D eigenvalue weighted by atomic mass is 16.5. The summed E-state index contributed by atoms with van der Waals surface area (Å²) in [4.78, 5) is 15.7. The van der Waals surface area contributed by atoms with Crippen LogP contribution in [0.25, 0.3) is 12.2 Å². The van der Waals surface area contributed by atoms with E-state index in [1.807, 2.05) is 56.5 Å². The topological polar surface area (TPSA) is 51.2 Å². The first kappa shape index (κ1) is 13.4. The molecule has 1 amide bonds. The molecule has 1 aliphatic heterocycles. The molecule has 1 N–H and O–H groups in total. The van der Waals surface area contributed by atoms with E-state index in [9.17, 15) is 4.79 Å². The molecule has 4 nitrogen and oxygen atoms in total. The Balaban J connectivity index is 1.89. The number of fused-ring (bicyclic) bond motifs is 1. The number of aromatic nitrogens is 1. The van der Waals surface area contributed by atoms with Crippen LogP contribution in [0.15, 0.2) is 30.5 Å². The van der Waals surface area contributed by atoms with E-state index in [4.69, 9.17) is 4.74 Å². The molecule has 0 unspecified atom stereocenters. The number of amides is 1. The van der Waals surface area contributed by atoms with E-state index in [2.05, 4.69) is 10.3 Å². The number of carbonyl (C=O) groups is 1. The molecule has 2 aromatic rings.